The van der Waals surface area contributed by atoms with Gasteiger partial charge >= 0.3 is 0 Å². The minimum Gasteiger partial charge on any atom is -0.369 e. The Balaban J connectivity index is 1.87. The minimum atomic E-state index is -0.132. The monoisotopic (exact) mass is 276 g/mol. The topological polar surface area (TPSA) is 16.1 Å². The molecule has 100 valence electrons. The summed E-state index contributed by atoms with van der Waals surface area (Å²) in [5, 5.41) is 1.94. The largest absolute Gasteiger partial charge is 0.369 e. The van der Waals surface area contributed by atoms with Crippen molar-refractivity contribution in [3.8, 4) is 11.3 Å². The molecule has 0 radical (unpaired) electrons. The van der Waals surface area contributed by atoms with Crippen LogP contribution in [0.25, 0.3) is 11.3 Å². The summed E-state index contributed by atoms with van der Waals surface area (Å²) in [7, 11) is 0. The molecular weight excluding hydrogens is 259 g/mol. The first-order chi connectivity index (χ1) is 9.34. The third-order valence-electron chi connectivity index (χ3n) is 3.62. The molecule has 0 atom stereocenters. The van der Waals surface area contributed by atoms with Crippen LogP contribution in [0.5, 0.6) is 0 Å². The zero-order valence-corrected chi connectivity index (χ0v) is 11.6. The molecule has 19 heavy (non-hydrogen) atoms. The van der Waals surface area contributed by atoms with E-state index in [9.17, 15) is 4.39 Å². The average Bonchev–Trinajstić information content (AvgIpc) is 2.82. The van der Waals surface area contributed by atoms with Gasteiger partial charge in [0.1, 0.15) is 5.82 Å². The zero-order chi connectivity index (χ0) is 13.1. The van der Waals surface area contributed by atoms with Crippen molar-refractivity contribution < 1.29 is 4.39 Å². The van der Waals surface area contributed by atoms with Gasteiger partial charge in [0.15, 0.2) is 0 Å². The van der Waals surface area contributed by atoms with Crippen molar-refractivity contribution in [1.82, 2.24) is 4.98 Å². The summed E-state index contributed by atoms with van der Waals surface area (Å²) < 4.78 is 14.3. The fourth-order valence-corrected chi connectivity index (χ4v) is 3.15. The highest BCUT2D eigenvalue weighted by Crippen LogP contribution is 2.27. The molecular formula is C15H17FN2S. The zero-order valence-electron chi connectivity index (χ0n) is 10.8. The van der Waals surface area contributed by atoms with Crippen LogP contribution < -0.4 is 4.90 Å². The van der Waals surface area contributed by atoms with Crippen LogP contribution in [0.2, 0.25) is 0 Å². The molecule has 0 N–H and O–H groups in total. The lowest BCUT2D eigenvalue weighted by Crippen LogP contribution is -2.24. The average molecular weight is 276 g/mol. The maximum atomic E-state index is 14.3. The van der Waals surface area contributed by atoms with Gasteiger partial charge < -0.3 is 4.90 Å². The van der Waals surface area contributed by atoms with Crippen molar-refractivity contribution in [3.63, 3.8) is 0 Å². The van der Waals surface area contributed by atoms with Gasteiger partial charge in [-0.3, -0.25) is 0 Å². The van der Waals surface area contributed by atoms with Gasteiger partial charge in [0.05, 0.1) is 16.9 Å². The highest BCUT2D eigenvalue weighted by atomic mass is 32.1. The van der Waals surface area contributed by atoms with Crippen LogP contribution in [0.1, 0.15) is 25.7 Å². The van der Waals surface area contributed by atoms with E-state index in [1.165, 1.54) is 24.2 Å². The van der Waals surface area contributed by atoms with E-state index >= 15 is 0 Å². The lowest BCUT2D eigenvalue weighted by atomic mass is 10.1. The van der Waals surface area contributed by atoms with Crippen molar-refractivity contribution in [2.45, 2.75) is 25.7 Å². The van der Waals surface area contributed by atoms with Crippen LogP contribution in [0.3, 0.4) is 0 Å². The highest BCUT2D eigenvalue weighted by molar-refractivity contribution is 7.07. The molecule has 2 nitrogen and oxygen atoms in total. The molecule has 0 amide bonds. The van der Waals surface area contributed by atoms with E-state index in [0.717, 1.165) is 42.9 Å². The maximum absolute atomic E-state index is 14.3. The van der Waals surface area contributed by atoms with Gasteiger partial charge in [0.2, 0.25) is 0 Å². The summed E-state index contributed by atoms with van der Waals surface area (Å²) in [6, 6.07) is 5.48. The fourth-order valence-electron chi connectivity index (χ4n) is 2.59. The first-order valence-corrected chi connectivity index (χ1v) is 7.72. The Morgan fingerprint density at radius 2 is 1.89 bits per heavy atom. The number of benzene rings is 1. The molecule has 0 saturated carbocycles. The standard InChI is InChI=1S/C15H17FN2S/c16-13-9-12(14-10-19-11-17-14)5-6-15(13)18-7-3-1-2-4-8-18/h5-6,9-11H,1-4,7-8H2. The van der Waals surface area contributed by atoms with E-state index in [0.29, 0.717) is 0 Å². The Labute approximate surface area is 116 Å². The van der Waals surface area contributed by atoms with Gasteiger partial charge in [-0.1, -0.05) is 18.9 Å². The first kappa shape index (κ1) is 12.6. The molecule has 1 aliphatic rings. The summed E-state index contributed by atoms with van der Waals surface area (Å²) >= 11 is 1.53. The third-order valence-corrected chi connectivity index (χ3v) is 4.21. The molecule has 2 heterocycles. The lowest BCUT2D eigenvalue weighted by Gasteiger charge is -2.23. The van der Waals surface area contributed by atoms with E-state index in [-0.39, 0.29) is 5.82 Å². The van der Waals surface area contributed by atoms with Gasteiger partial charge in [-0.15, -0.1) is 11.3 Å². The molecule has 1 saturated heterocycles. The molecule has 1 aliphatic heterocycles. The second-order valence-electron chi connectivity index (χ2n) is 4.94. The van der Waals surface area contributed by atoms with Crippen molar-refractivity contribution in [1.29, 1.82) is 0 Å². The van der Waals surface area contributed by atoms with Crippen LogP contribution in [0.4, 0.5) is 10.1 Å². The van der Waals surface area contributed by atoms with Crippen LogP contribution >= 0.6 is 11.3 Å². The predicted molar refractivity (Wildman–Crippen MR) is 78.2 cm³/mol. The number of anilines is 1. The van der Waals surface area contributed by atoms with Crippen LogP contribution in [0.15, 0.2) is 29.1 Å². The second-order valence-corrected chi connectivity index (χ2v) is 5.66. The van der Waals surface area contributed by atoms with Gasteiger partial charge in [-0.05, 0) is 25.0 Å². The quantitative estimate of drug-likeness (QED) is 0.811. The fraction of sp³-hybridized carbons (Fsp3) is 0.400. The number of hydrogen-bond acceptors (Lipinski definition) is 3. The minimum absolute atomic E-state index is 0.132. The SMILES string of the molecule is Fc1cc(-c2cscn2)ccc1N1CCCCCC1. The molecule has 0 bridgehead atoms. The van der Waals surface area contributed by atoms with Crippen molar-refractivity contribution in [3.05, 3.63) is 34.9 Å². The maximum Gasteiger partial charge on any atom is 0.147 e. The van der Waals surface area contributed by atoms with E-state index < -0.39 is 0 Å². The lowest BCUT2D eigenvalue weighted by molar-refractivity contribution is 0.617. The number of halogens is 1. The van der Waals surface area contributed by atoms with Gasteiger partial charge in [-0.25, -0.2) is 9.37 Å². The normalized spacial score (nSPS) is 16.4. The number of nitrogens with zero attached hydrogens (tertiary/aromatic N) is 2. The third kappa shape index (κ3) is 2.78. The summed E-state index contributed by atoms with van der Waals surface area (Å²) in [5.74, 6) is -0.132. The number of thiazole rings is 1. The van der Waals surface area contributed by atoms with Crippen molar-refractivity contribution in [2.75, 3.05) is 18.0 Å². The molecule has 0 aliphatic carbocycles. The summed E-state index contributed by atoms with van der Waals surface area (Å²) in [4.78, 5) is 6.40. The Hall–Kier alpha value is -1.42. The summed E-state index contributed by atoms with van der Waals surface area (Å²) in [6.45, 7) is 1.93. The van der Waals surface area contributed by atoms with E-state index in [1.54, 1.807) is 11.6 Å². The van der Waals surface area contributed by atoms with Crippen molar-refractivity contribution in [2.24, 2.45) is 0 Å². The second kappa shape index (κ2) is 5.70. The Kier molecular flexibility index (Phi) is 3.78. The Morgan fingerprint density at radius 1 is 1.11 bits per heavy atom. The highest BCUT2D eigenvalue weighted by Gasteiger charge is 2.14. The molecule has 4 heteroatoms. The molecule has 2 aromatic rings. The Morgan fingerprint density at radius 3 is 2.53 bits per heavy atom. The molecule has 3 rings (SSSR count). The molecule has 0 spiro atoms. The molecule has 1 aromatic heterocycles. The number of rotatable bonds is 2. The van der Waals surface area contributed by atoms with Crippen LogP contribution in [-0.2, 0) is 0 Å². The first-order valence-electron chi connectivity index (χ1n) is 6.77. The Bertz CT molecular complexity index is 531. The van der Waals surface area contributed by atoms with E-state index in [4.69, 9.17) is 0 Å². The van der Waals surface area contributed by atoms with Gasteiger partial charge in [-0.2, -0.15) is 0 Å². The summed E-state index contributed by atoms with van der Waals surface area (Å²) in [5.41, 5.74) is 4.22. The van der Waals surface area contributed by atoms with Crippen LogP contribution in [0, 0.1) is 5.82 Å². The van der Waals surface area contributed by atoms with Gasteiger partial charge in [0, 0.05) is 24.0 Å². The predicted octanol–water partition coefficient (Wildman–Crippen LogP) is 4.33. The number of aromatic nitrogens is 1. The smallest absolute Gasteiger partial charge is 0.147 e. The van der Waals surface area contributed by atoms with Crippen molar-refractivity contribution >= 4 is 17.0 Å². The van der Waals surface area contributed by atoms with E-state index in [1.807, 2.05) is 17.5 Å². The van der Waals surface area contributed by atoms with E-state index in [2.05, 4.69) is 9.88 Å². The molecule has 1 aromatic carbocycles. The molecule has 0 unspecified atom stereocenters. The van der Waals surface area contributed by atoms with Crippen LogP contribution in [-0.4, -0.2) is 18.1 Å². The summed E-state index contributed by atoms with van der Waals surface area (Å²) in [6.07, 6.45) is 4.84. The molecule has 1 fully saturated rings. The number of hydrogen-bond donors (Lipinski definition) is 0. The van der Waals surface area contributed by atoms with Gasteiger partial charge in [0.25, 0.3) is 0 Å².